The maximum absolute atomic E-state index is 11.2. The van der Waals surface area contributed by atoms with Crippen molar-refractivity contribution in [1.82, 2.24) is 9.80 Å². The van der Waals surface area contributed by atoms with Gasteiger partial charge in [0.15, 0.2) is 0 Å². The van der Waals surface area contributed by atoms with Crippen LogP contribution in [0.15, 0.2) is 0 Å². The molecule has 1 aliphatic rings. The Morgan fingerprint density at radius 2 is 2.00 bits per heavy atom. The number of hydrogen-bond donors (Lipinski definition) is 1. The predicted octanol–water partition coefficient (Wildman–Crippen LogP) is -0.783. The van der Waals surface area contributed by atoms with Gasteiger partial charge < -0.3 is 9.80 Å². The Labute approximate surface area is 76.9 Å². The molecule has 0 aliphatic carbocycles. The third-order valence-corrected chi connectivity index (χ3v) is 2.09. The van der Waals surface area contributed by atoms with Crippen LogP contribution in [0.2, 0.25) is 0 Å². The molecule has 0 spiro atoms. The van der Waals surface area contributed by atoms with E-state index in [0.29, 0.717) is 25.4 Å². The fraction of sp³-hybridized carbons (Fsp3) is 0.714. The molecule has 1 rings (SSSR count). The Hall–Kier alpha value is -0.710. The normalized spacial score (nSPS) is 18.8. The van der Waals surface area contributed by atoms with Gasteiger partial charge in [-0.3, -0.25) is 9.59 Å². The van der Waals surface area contributed by atoms with Crippen molar-refractivity contribution in [3.63, 3.8) is 0 Å². The number of amides is 2. The maximum Gasteiger partial charge on any atom is 0.312 e. The van der Waals surface area contributed by atoms with Crippen molar-refractivity contribution in [2.45, 2.75) is 0 Å². The maximum atomic E-state index is 11.2. The lowest BCUT2D eigenvalue weighted by Gasteiger charge is -2.30. The number of carbonyl (C=O) groups is 2. The van der Waals surface area contributed by atoms with Gasteiger partial charge in [-0.1, -0.05) is 0 Å². The summed E-state index contributed by atoms with van der Waals surface area (Å²) >= 11 is 4.00. The lowest BCUT2D eigenvalue weighted by atomic mass is 10.3. The van der Waals surface area contributed by atoms with Gasteiger partial charge in [0.05, 0.1) is 0 Å². The molecule has 0 radical (unpaired) electrons. The fourth-order valence-electron chi connectivity index (χ4n) is 1.11. The standard InChI is InChI=1S/C7H12N2O2S/c1-8-2-3-9(4-5-12)7(11)6(8)10/h12H,2-5H2,1H3. The molecule has 1 heterocycles. The van der Waals surface area contributed by atoms with Gasteiger partial charge in [-0.25, -0.2) is 0 Å². The summed E-state index contributed by atoms with van der Waals surface area (Å²) < 4.78 is 0. The van der Waals surface area contributed by atoms with Gasteiger partial charge in [0, 0.05) is 32.4 Å². The number of carbonyl (C=O) groups excluding carboxylic acids is 2. The molecule has 0 atom stereocenters. The van der Waals surface area contributed by atoms with E-state index in [1.807, 2.05) is 0 Å². The van der Waals surface area contributed by atoms with Gasteiger partial charge in [-0.2, -0.15) is 12.6 Å². The minimum absolute atomic E-state index is 0.405. The summed E-state index contributed by atoms with van der Waals surface area (Å²) in [7, 11) is 1.64. The zero-order valence-corrected chi connectivity index (χ0v) is 7.88. The van der Waals surface area contributed by atoms with Crippen molar-refractivity contribution < 1.29 is 9.59 Å². The largest absolute Gasteiger partial charge is 0.336 e. The van der Waals surface area contributed by atoms with Crippen LogP contribution in [0.25, 0.3) is 0 Å². The number of hydrogen-bond acceptors (Lipinski definition) is 3. The summed E-state index contributed by atoms with van der Waals surface area (Å²) in [4.78, 5) is 25.3. The number of piperazine rings is 1. The quantitative estimate of drug-likeness (QED) is 0.456. The summed E-state index contributed by atoms with van der Waals surface area (Å²) in [6, 6.07) is 0. The molecule has 1 saturated heterocycles. The van der Waals surface area contributed by atoms with Crippen molar-refractivity contribution in [3.8, 4) is 0 Å². The van der Waals surface area contributed by atoms with Crippen LogP contribution < -0.4 is 0 Å². The van der Waals surface area contributed by atoms with Crippen LogP contribution in [0.1, 0.15) is 0 Å². The number of likely N-dealkylation sites (N-methyl/N-ethyl adjacent to an activating group) is 1. The summed E-state index contributed by atoms with van der Waals surface area (Å²) in [5.74, 6) is -0.219. The summed E-state index contributed by atoms with van der Waals surface area (Å²) in [5, 5.41) is 0. The van der Waals surface area contributed by atoms with Crippen LogP contribution >= 0.6 is 12.6 Å². The van der Waals surface area contributed by atoms with Crippen LogP contribution in [0.3, 0.4) is 0 Å². The highest BCUT2D eigenvalue weighted by molar-refractivity contribution is 7.80. The molecule has 68 valence electrons. The lowest BCUT2D eigenvalue weighted by Crippen LogP contribution is -2.53. The van der Waals surface area contributed by atoms with E-state index in [9.17, 15) is 9.59 Å². The molecule has 0 aromatic rings. The number of rotatable bonds is 2. The van der Waals surface area contributed by atoms with E-state index < -0.39 is 11.8 Å². The van der Waals surface area contributed by atoms with Gasteiger partial charge in [0.2, 0.25) is 0 Å². The van der Waals surface area contributed by atoms with E-state index in [0.717, 1.165) is 0 Å². The second-order valence-corrected chi connectivity index (χ2v) is 3.19. The zero-order valence-electron chi connectivity index (χ0n) is 6.99. The van der Waals surface area contributed by atoms with Gasteiger partial charge in [-0.05, 0) is 0 Å². The Bertz CT molecular complexity index is 208. The smallest absolute Gasteiger partial charge is 0.312 e. The first-order chi connectivity index (χ1) is 5.66. The minimum atomic E-state index is -0.414. The molecule has 0 aromatic heterocycles. The van der Waals surface area contributed by atoms with Crippen LogP contribution in [0.4, 0.5) is 0 Å². The van der Waals surface area contributed by atoms with Crippen molar-refractivity contribution in [2.75, 3.05) is 32.4 Å². The first-order valence-corrected chi connectivity index (χ1v) is 4.45. The highest BCUT2D eigenvalue weighted by atomic mass is 32.1. The average molecular weight is 188 g/mol. The molecule has 0 saturated carbocycles. The van der Waals surface area contributed by atoms with Crippen LogP contribution in [-0.4, -0.2) is 54.0 Å². The van der Waals surface area contributed by atoms with Crippen molar-refractivity contribution in [1.29, 1.82) is 0 Å². The molecule has 0 bridgehead atoms. The lowest BCUT2D eigenvalue weighted by molar-refractivity contribution is -0.154. The minimum Gasteiger partial charge on any atom is -0.336 e. The highest BCUT2D eigenvalue weighted by Gasteiger charge is 2.29. The molecule has 2 amide bonds. The third-order valence-electron chi connectivity index (χ3n) is 1.89. The molecular weight excluding hydrogens is 176 g/mol. The summed E-state index contributed by atoms with van der Waals surface area (Å²) in [6.07, 6.45) is 0. The second kappa shape index (κ2) is 3.80. The van der Waals surface area contributed by atoms with Crippen LogP contribution in [0.5, 0.6) is 0 Å². The second-order valence-electron chi connectivity index (χ2n) is 2.74. The predicted molar refractivity (Wildman–Crippen MR) is 48.1 cm³/mol. The molecule has 1 fully saturated rings. The van der Waals surface area contributed by atoms with Crippen LogP contribution in [0, 0.1) is 0 Å². The molecule has 4 nitrogen and oxygen atoms in total. The monoisotopic (exact) mass is 188 g/mol. The Morgan fingerprint density at radius 3 is 2.58 bits per heavy atom. The van der Waals surface area contributed by atoms with E-state index in [2.05, 4.69) is 12.6 Å². The Morgan fingerprint density at radius 1 is 1.33 bits per heavy atom. The molecule has 12 heavy (non-hydrogen) atoms. The number of thiol groups is 1. The van der Waals surface area contributed by atoms with E-state index in [4.69, 9.17) is 0 Å². The molecular formula is C7H12N2O2S. The number of nitrogens with zero attached hydrogens (tertiary/aromatic N) is 2. The third kappa shape index (κ3) is 1.72. The topological polar surface area (TPSA) is 40.6 Å². The molecule has 0 aromatic carbocycles. The van der Waals surface area contributed by atoms with E-state index >= 15 is 0 Å². The fourth-order valence-corrected chi connectivity index (χ4v) is 1.35. The Kier molecular flexibility index (Phi) is 2.97. The molecule has 0 unspecified atom stereocenters. The van der Waals surface area contributed by atoms with E-state index in [1.54, 1.807) is 7.05 Å². The molecule has 1 aliphatic heterocycles. The first kappa shape index (κ1) is 9.38. The van der Waals surface area contributed by atoms with Gasteiger partial charge in [-0.15, -0.1) is 0 Å². The van der Waals surface area contributed by atoms with Gasteiger partial charge in [0.25, 0.3) is 0 Å². The summed E-state index contributed by atoms with van der Waals surface area (Å²) in [6.45, 7) is 1.81. The first-order valence-electron chi connectivity index (χ1n) is 3.82. The SMILES string of the molecule is CN1CCN(CCS)C(=O)C1=O. The van der Waals surface area contributed by atoms with E-state index in [-0.39, 0.29) is 0 Å². The van der Waals surface area contributed by atoms with E-state index in [1.165, 1.54) is 9.80 Å². The van der Waals surface area contributed by atoms with Crippen molar-refractivity contribution in [2.24, 2.45) is 0 Å². The Balaban J connectivity index is 2.59. The molecule has 5 heteroatoms. The van der Waals surface area contributed by atoms with Crippen molar-refractivity contribution in [3.05, 3.63) is 0 Å². The van der Waals surface area contributed by atoms with Gasteiger partial charge in [0.1, 0.15) is 0 Å². The zero-order chi connectivity index (χ0) is 9.14. The van der Waals surface area contributed by atoms with Gasteiger partial charge >= 0.3 is 11.8 Å². The van der Waals surface area contributed by atoms with Crippen molar-refractivity contribution >= 4 is 24.4 Å². The average Bonchev–Trinajstić information content (AvgIpc) is 2.07. The summed E-state index contributed by atoms with van der Waals surface area (Å²) in [5.41, 5.74) is 0. The van der Waals surface area contributed by atoms with Crippen LogP contribution in [-0.2, 0) is 9.59 Å². The molecule has 0 N–H and O–H groups in total. The highest BCUT2D eigenvalue weighted by Crippen LogP contribution is 2.02.